The van der Waals surface area contributed by atoms with E-state index in [9.17, 15) is 9.59 Å². The average Bonchev–Trinajstić information content (AvgIpc) is 2.69. The van der Waals surface area contributed by atoms with E-state index in [0.29, 0.717) is 16.6 Å². The summed E-state index contributed by atoms with van der Waals surface area (Å²) in [5.74, 6) is -0.388. The van der Waals surface area contributed by atoms with Crippen LogP contribution in [0.2, 0.25) is 0 Å². The van der Waals surface area contributed by atoms with Gasteiger partial charge in [-0.1, -0.05) is 0 Å². The van der Waals surface area contributed by atoms with Crippen molar-refractivity contribution in [1.82, 2.24) is 9.55 Å². The van der Waals surface area contributed by atoms with E-state index in [1.165, 1.54) is 7.11 Å². The van der Waals surface area contributed by atoms with Crippen LogP contribution in [0.1, 0.15) is 10.4 Å². The second kappa shape index (κ2) is 4.67. The van der Waals surface area contributed by atoms with Gasteiger partial charge in [-0.05, 0) is 22.0 Å². The summed E-state index contributed by atoms with van der Waals surface area (Å²) >= 11 is 3.36. The molecule has 0 aliphatic carbocycles. The highest BCUT2D eigenvalue weighted by atomic mass is 79.9. The van der Waals surface area contributed by atoms with E-state index in [-0.39, 0.29) is 12.5 Å². The van der Waals surface area contributed by atoms with E-state index >= 15 is 0 Å². The standard InChI is InChI=1S/C11H9BrN2O3/c1-17-9(16)5-14-4-7(6-15)10-8(12)2-3-13-11(10)14/h2-4,6H,5H2,1H3. The van der Waals surface area contributed by atoms with Crippen molar-refractivity contribution in [3.05, 3.63) is 28.5 Å². The van der Waals surface area contributed by atoms with Crippen molar-refractivity contribution in [3.8, 4) is 0 Å². The van der Waals surface area contributed by atoms with E-state index in [4.69, 9.17) is 0 Å². The second-order valence-electron chi connectivity index (χ2n) is 3.40. The molecule has 0 saturated heterocycles. The molecule has 5 nitrogen and oxygen atoms in total. The summed E-state index contributed by atoms with van der Waals surface area (Å²) < 4.78 is 6.95. The van der Waals surface area contributed by atoms with Gasteiger partial charge in [0.2, 0.25) is 0 Å². The molecule has 0 unspecified atom stereocenters. The average molecular weight is 297 g/mol. The first kappa shape index (κ1) is 11.8. The van der Waals surface area contributed by atoms with Crippen molar-refractivity contribution in [1.29, 1.82) is 0 Å². The molecule has 2 aromatic rings. The molecule has 88 valence electrons. The Bertz CT molecular complexity index is 592. The highest BCUT2D eigenvalue weighted by Gasteiger charge is 2.14. The van der Waals surface area contributed by atoms with Gasteiger partial charge < -0.3 is 9.30 Å². The number of carbonyl (C=O) groups excluding carboxylic acids is 2. The lowest BCUT2D eigenvalue weighted by Crippen LogP contribution is -2.10. The molecule has 0 fully saturated rings. The molecule has 0 radical (unpaired) electrons. The number of aromatic nitrogens is 2. The van der Waals surface area contributed by atoms with Gasteiger partial charge in [-0.3, -0.25) is 9.59 Å². The first-order valence-electron chi connectivity index (χ1n) is 4.82. The fourth-order valence-corrected chi connectivity index (χ4v) is 2.14. The number of carbonyl (C=O) groups is 2. The SMILES string of the molecule is COC(=O)Cn1cc(C=O)c2c(Br)ccnc21. The lowest BCUT2D eigenvalue weighted by atomic mass is 10.2. The van der Waals surface area contributed by atoms with Gasteiger partial charge >= 0.3 is 5.97 Å². The molecular formula is C11H9BrN2O3. The third-order valence-corrected chi connectivity index (χ3v) is 3.05. The number of nitrogens with zero attached hydrogens (tertiary/aromatic N) is 2. The molecule has 17 heavy (non-hydrogen) atoms. The third-order valence-electron chi connectivity index (χ3n) is 2.39. The van der Waals surface area contributed by atoms with Gasteiger partial charge in [-0.15, -0.1) is 0 Å². The van der Waals surface area contributed by atoms with Crippen molar-refractivity contribution < 1.29 is 14.3 Å². The zero-order valence-electron chi connectivity index (χ0n) is 9.01. The van der Waals surface area contributed by atoms with Crippen LogP contribution >= 0.6 is 15.9 Å². The molecule has 0 N–H and O–H groups in total. The molecule has 0 saturated carbocycles. The summed E-state index contributed by atoms with van der Waals surface area (Å²) in [7, 11) is 1.32. The maximum absolute atomic E-state index is 11.2. The van der Waals surface area contributed by atoms with E-state index < -0.39 is 0 Å². The van der Waals surface area contributed by atoms with Crippen LogP contribution in [0.15, 0.2) is 22.9 Å². The Hall–Kier alpha value is -1.69. The molecule has 0 spiro atoms. The Labute approximate surface area is 106 Å². The van der Waals surface area contributed by atoms with Crippen LogP contribution in [0.5, 0.6) is 0 Å². The quantitative estimate of drug-likeness (QED) is 0.640. The molecular weight excluding hydrogens is 288 g/mol. The van der Waals surface area contributed by atoms with Crippen LogP contribution in [-0.4, -0.2) is 28.9 Å². The first-order valence-corrected chi connectivity index (χ1v) is 5.62. The van der Waals surface area contributed by atoms with Crippen LogP contribution < -0.4 is 0 Å². The van der Waals surface area contributed by atoms with Crippen molar-refractivity contribution in [2.75, 3.05) is 7.11 Å². The van der Waals surface area contributed by atoms with Crippen LogP contribution in [0.25, 0.3) is 11.0 Å². The Kier molecular flexibility index (Phi) is 3.23. The zero-order chi connectivity index (χ0) is 12.4. The fraction of sp³-hybridized carbons (Fsp3) is 0.182. The highest BCUT2D eigenvalue weighted by Crippen LogP contribution is 2.26. The molecule has 6 heteroatoms. The molecule has 2 aromatic heterocycles. The molecule has 0 amide bonds. The molecule has 0 aromatic carbocycles. The number of ether oxygens (including phenoxy) is 1. The highest BCUT2D eigenvalue weighted by molar-refractivity contribution is 9.10. The minimum absolute atomic E-state index is 0.0320. The Morgan fingerprint density at radius 1 is 1.65 bits per heavy atom. The predicted octanol–water partition coefficient (Wildman–Crippen LogP) is 1.78. The number of pyridine rings is 1. The number of esters is 1. The van der Waals surface area contributed by atoms with Gasteiger partial charge in [-0.2, -0.15) is 0 Å². The van der Waals surface area contributed by atoms with Crippen molar-refractivity contribution in [3.63, 3.8) is 0 Å². The minimum Gasteiger partial charge on any atom is -0.468 e. The van der Waals surface area contributed by atoms with Crippen molar-refractivity contribution in [2.24, 2.45) is 0 Å². The summed E-state index contributed by atoms with van der Waals surface area (Å²) in [6.45, 7) is 0.0320. The number of hydrogen-bond acceptors (Lipinski definition) is 4. The molecule has 0 bridgehead atoms. The summed E-state index contributed by atoms with van der Waals surface area (Å²) in [6.07, 6.45) is 3.93. The second-order valence-corrected chi connectivity index (χ2v) is 4.25. The van der Waals surface area contributed by atoms with Crippen molar-refractivity contribution in [2.45, 2.75) is 6.54 Å². The smallest absolute Gasteiger partial charge is 0.325 e. The Morgan fingerprint density at radius 2 is 2.41 bits per heavy atom. The fourth-order valence-electron chi connectivity index (χ4n) is 1.62. The van der Waals surface area contributed by atoms with E-state index in [1.807, 2.05) is 0 Å². The summed E-state index contributed by atoms with van der Waals surface area (Å²) in [4.78, 5) is 26.4. The van der Waals surface area contributed by atoms with Gasteiger partial charge in [0.25, 0.3) is 0 Å². The maximum atomic E-state index is 11.2. The van der Waals surface area contributed by atoms with Gasteiger partial charge in [0, 0.05) is 27.8 Å². The number of rotatable bonds is 3. The van der Waals surface area contributed by atoms with Gasteiger partial charge in [-0.25, -0.2) is 4.98 Å². The first-order chi connectivity index (χ1) is 8.17. The number of hydrogen-bond donors (Lipinski definition) is 0. The lowest BCUT2D eigenvalue weighted by molar-refractivity contribution is -0.141. The summed E-state index contributed by atoms with van der Waals surface area (Å²) in [5.41, 5.74) is 1.07. The lowest BCUT2D eigenvalue weighted by Gasteiger charge is -2.02. The zero-order valence-corrected chi connectivity index (χ0v) is 10.6. The summed E-state index contributed by atoms with van der Waals surface area (Å²) in [5, 5.41) is 0.700. The van der Waals surface area contributed by atoms with Crippen molar-refractivity contribution >= 4 is 39.2 Å². The normalized spacial score (nSPS) is 10.5. The van der Waals surface area contributed by atoms with E-state index in [0.717, 1.165) is 10.8 Å². The van der Waals surface area contributed by atoms with Crippen LogP contribution in [0, 0.1) is 0 Å². The maximum Gasteiger partial charge on any atom is 0.325 e. The number of methoxy groups -OCH3 is 1. The van der Waals surface area contributed by atoms with Crippen LogP contribution in [-0.2, 0) is 16.1 Å². The Morgan fingerprint density at radius 3 is 3.06 bits per heavy atom. The predicted molar refractivity (Wildman–Crippen MR) is 64.8 cm³/mol. The number of aldehydes is 1. The molecule has 0 atom stereocenters. The van der Waals surface area contributed by atoms with E-state index in [1.54, 1.807) is 23.0 Å². The molecule has 2 heterocycles. The Balaban J connectivity index is 2.61. The number of halogens is 1. The molecule has 0 aliphatic rings. The monoisotopic (exact) mass is 296 g/mol. The number of fused-ring (bicyclic) bond motifs is 1. The minimum atomic E-state index is -0.388. The largest absolute Gasteiger partial charge is 0.468 e. The molecule has 2 rings (SSSR count). The van der Waals surface area contributed by atoms with Gasteiger partial charge in [0.1, 0.15) is 12.2 Å². The van der Waals surface area contributed by atoms with E-state index in [2.05, 4.69) is 25.7 Å². The van der Waals surface area contributed by atoms with Gasteiger partial charge in [0.15, 0.2) is 6.29 Å². The van der Waals surface area contributed by atoms with Crippen LogP contribution in [0.4, 0.5) is 0 Å². The third kappa shape index (κ3) is 2.08. The van der Waals surface area contributed by atoms with Crippen LogP contribution in [0.3, 0.4) is 0 Å². The van der Waals surface area contributed by atoms with Gasteiger partial charge in [0.05, 0.1) is 7.11 Å². The molecule has 0 aliphatic heterocycles. The topological polar surface area (TPSA) is 61.2 Å². The summed E-state index contributed by atoms with van der Waals surface area (Å²) in [6, 6.07) is 1.75.